The smallest absolute Gasteiger partial charge is 0.246 e. The lowest BCUT2D eigenvalue weighted by molar-refractivity contribution is -0.146. The summed E-state index contributed by atoms with van der Waals surface area (Å²) in [7, 11) is 0. The maximum absolute atomic E-state index is 12.8. The Hall–Kier alpha value is -2.41. The SMILES string of the molecule is C[C@H](N)C(=O)NC1CC[C@@H]2CC[C@@H](C(=O)NCc3ccccc3)N2C1=O. The van der Waals surface area contributed by atoms with Gasteiger partial charge >= 0.3 is 0 Å². The van der Waals surface area contributed by atoms with Gasteiger partial charge in [-0.2, -0.15) is 0 Å². The molecule has 2 aliphatic heterocycles. The molecule has 3 rings (SSSR count). The zero-order valence-electron chi connectivity index (χ0n) is 15.0. The van der Waals surface area contributed by atoms with Crippen LogP contribution in [-0.2, 0) is 20.9 Å². The normalized spacial score (nSPS) is 26.2. The van der Waals surface area contributed by atoms with Crippen molar-refractivity contribution in [1.82, 2.24) is 15.5 Å². The Balaban J connectivity index is 1.63. The largest absolute Gasteiger partial charge is 0.350 e. The van der Waals surface area contributed by atoms with Crippen LogP contribution in [0.5, 0.6) is 0 Å². The van der Waals surface area contributed by atoms with Gasteiger partial charge in [0.15, 0.2) is 0 Å². The van der Waals surface area contributed by atoms with Crippen molar-refractivity contribution in [2.75, 3.05) is 0 Å². The second-order valence-electron chi connectivity index (χ2n) is 7.12. The van der Waals surface area contributed by atoms with Gasteiger partial charge in [0.25, 0.3) is 0 Å². The highest BCUT2D eigenvalue weighted by Crippen LogP contribution is 2.32. The van der Waals surface area contributed by atoms with Gasteiger partial charge in [0, 0.05) is 12.6 Å². The number of nitrogens with zero attached hydrogens (tertiary/aromatic N) is 1. The van der Waals surface area contributed by atoms with Crippen LogP contribution in [0.4, 0.5) is 0 Å². The van der Waals surface area contributed by atoms with E-state index in [0.717, 1.165) is 18.4 Å². The predicted octanol–water partition coefficient (Wildman–Crippen LogP) is 0.288. The zero-order valence-corrected chi connectivity index (χ0v) is 15.0. The molecule has 3 amide bonds. The molecule has 7 heteroatoms. The van der Waals surface area contributed by atoms with Gasteiger partial charge in [0.05, 0.1) is 6.04 Å². The molecular formula is C19H26N4O3. The number of rotatable bonds is 5. The Labute approximate surface area is 153 Å². The van der Waals surface area contributed by atoms with E-state index < -0.39 is 18.1 Å². The maximum Gasteiger partial charge on any atom is 0.246 e. The minimum absolute atomic E-state index is 0.0819. The number of nitrogens with two attached hydrogens (primary N) is 1. The van der Waals surface area contributed by atoms with Crippen molar-refractivity contribution < 1.29 is 14.4 Å². The Morgan fingerprint density at radius 2 is 1.88 bits per heavy atom. The lowest BCUT2D eigenvalue weighted by Crippen LogP contribution is -2.59. The summed E-state index contributed by atoms with van der Waals surface area (Å²) < 4.78 is 0. The summed E-state index contributed by atoms with van der Waals surface area (Å²) in [5.74, 6) is -0.650. The molecule has 1 aromatic carbocycles. The van der Waals surface area contributed by atoms with E-state index in [-0.39, 0.29) is 23.8 Å². The van der Waals surface area contributed by atoms with Crippen molar-refractivity contribution in [1.29, 1.82) is 0 Å². The van der Waals surface area contributed by atoms with Gasteiger partial charge in [-0.25, -0.2) is 0 Å². The van der Waals surface area contributed by atoms with Crippen LogP contribution in [0.25, 0.3) is 0 Å². The number of amides is 3. The third-order valence-corrected chi connectivity index (χ3v) is 5.19. The zero-order chi connectivity index (χ0) is 18.7. The van der Waals surface area contributed by atoms with Gasteiger partial charge in [-0.15, -0.1) is 0 Å². The van der Waals surface area contributed by atoms with E-state index in [1.54, 1.807) is 11.8 Å². The Morgan fingerprint density at radius 3 is 2.58 bits per heavy atom. The van der Waals surface area contributed by atoms with Gasteiger partial charge in [0.2, 0.25) is 17.7 Å². The van der Waals surface area contributed by atoms with Gasteiger partial charge in [0.1, 0.15) is 12.1 Å². The van der Waals surface area contributed by atoms with Crippen LogP contribution in [-0.4, -0.2) is 46.8 Å². The van der Waals surface area contributed by atoms with E-state index in [4.69, 9.17) is 5.73 Å². The van der Waals surface area contributed by atoms with Crippen LogP contribution >= 0.6 is 0 Å². The highest BCUT2D eigenvalue weighted by Gasteiger charge is 2.46. The van der Waals surface area contributed by atoms with Gasteiger partial charge in [-0.3, -0.25) is 14.4 Å². The summed E-state index contributed by atoms with van der Waals surface area (Å²) in [6.07, 6.45) is 2.86. The van der Waals surface area contributed by atoms with Crippen molar-refractivity contribution in [3.8, 4) is 0 Å². The molecule has 2 fully saturated rings. The first-order chi connectivity index (χ1) is 12.5. The molecule has 0 bridgehead atoms. The van der Waals surface area contributed by atoms with Gasteiger partial charge in [-0.1, -0.05) is 30.3 Å². The molecule has 7 nitrogen and oxygen atoms in total. The van der Waals surface area contributed by atoms with Crippen LogP contribution in [0, 0.1) is 0 Å². The summed E-state index contributed by atoms with van der Waals surface area (Å²) in [4.78, 5) is 39.0. The van der Waals surface area contributed by atoms with Crippen LogP contribution in [0.3, 0.4) is 0 Å². The quantitative estimate of drug-likeness (QED) is 0.703. The third kappa shape index (κ3) is 3.88. The second-order valence-corrected chi connectivity index (χ2v) is 7.12. The molecular weight excluding hydrogens is 332 g/mol. The molecule has 26 heavy (non-hydrogen) atoms. The molecule has 0 spiro atoms. The molecule has 0 saturated carbocycles. The van der Waals surface area contributed by atoms with E-state index >= 15 is 0 Å². The minimum atomic E-state index is -0.663. The number of carbonyl (C=O) groups excluding carboxylic acids is 3. The second kappa shape index (κ2) is 7.86. The van der Waals surface area contributed by atoms with Gasteiger partial charge in [-0.05, 0) is 38.2 Å². The van der Waals surface area contributed by atoms with Crippen LogP contribution < -0.4 is 16.4 Å². The number of carbonyl (C=O) groups is 3. The van der Waals surface area contributed by atoms with Gasteiger partial charge < -0.3 is 21.3 Å². The molecule has 0 aromatic heterocycles. The summed E-state index contributed by atoms with van der Waals surface area (Å²) in [5, 5.41) is 5.64. The minimum Gasteiger partial charge on any atom is -0.350 e. The molecule has 4 atom stereocenters. The van der Waals surface area contributed by atoms with Crippen LogP contribution in [0.15, 0.2) is 30.3 Å². The standard InChI is InChI=1S/C19H26N4O3/c1-12(20)17(24)22-15-9-7-14-8-10-16(23(14)19(15)26)18(25)21-11-13-5-3-2-4-6-13/h2-6,12,14-16H,7-11,20H2,1H3,(H,21,25)(H,22,24)/t12-,14+,15?,16-/m0/s1. The van der Waals surface area contributed by atoms with E-state index in [9.17, 15) is 14.4 Å². The summed E-state index contributed by atoms with van der Waals surface area (Å²) >= 11 is 0. The monoisotopic (exact) mass is 358 g/mol. The molecule has 2 saturated heterocycles. The first kappa shape index (κ1) is 18.4. The fraction of sp³-hybridized carbons (Fsp3) is 0.526. The molecule has 1 aromatic rings. The van der Waals surface area contributed by atoms with Crippen molar-refractivity contribution in [3.05, 3.63) is 35.9 Å². The number of benzene rings is 1. The van der Waals surface area contributed by atoms with Crippen molar-refractivity contribution in [3.63, 3.8) is 0 Å². The average Bonchev–Trinajstić information content (AvgIpc) is 3.07. The molecule has 2 heterocycles. The van der Waals surface area contributed by atoms with E-state index in [0.29, 0.717) is 19.4 Å². The Morgan fingerprint density at radius 1 is 1.19 bits per heavy atom. The highest BCUT2D eigenvalue weighted by molar-refractivity contribution is 5.94. The van der Waals surface area contributed by atoms with E-state index in [1.807, 2.05) is 30.3 Å². The number of fused-ring (bicyclic) bond motifs is 1. The summed E-state index contributed by atoms with van der Waals surface area (Å²) in [6.45, 7) is 2.02. The fourth-order valence-electron chi connectivity index (χ4n) is 3.76. The van der Waals surface area contributed by atoms with Crippen LogP contribution in [0.1, 0.15) is 38.2 Å². The fourth-order valence-corrected chi connectivity index (χ4v) is 3.76. The molecule has 0 radical (unpaired) electrons. The van der Waals surface area contributed by atoms with E-state index in [2.05, 4.69) is 10.6 Å². The first-order valence-corrected chi connectivity index (χ1v) is 9.17. The third-order valence-electron chi connectivity index (χ3n) is 5.19. The van der Waals surface area contributed by atoms with Crippen molar-refractivity contribution in [2.45, 2.75) is 63.3 Å². The first-order valence-electron chi connectivity index (χ1n) is 9.17. The molecule has 2 aliphatic rings. The summed E-state index contributed by atoms with van der Waals surface area (Å²) in [6, 6.07) is 8.03. The highest BCUT2D eigenvalue weighted by atomic mass is 16.2. The molecule has 4 N–H and O–H groups in total. The van der Waals surface area contributed by atoms with E-state index in [1.165, 1.54) is 0 Å². The Kier molecular flexibility index (Phi) is 5.56. The van der Waals surface area contributed by atoms with Crippen molar-refractivity contribution >= 4 is 17.7 Å². The number of hydrogen-bond acceptors (Lipinski definition) is 4. The number of nitrogens with one attached hydrogen (secondary N) is 2. The topological polar surface area (TPSA) is 105 Å². The lowest BCUT2D eigenvalue weighted by atomic mass is 9.97. The molecule has 140 valence electrons. The number of piperidine rings is 1. The lowest BCUT2D eigenvalue weighted by Gasteiger charge is -2.38. The number of hydrogen-bond donors (Lipinski definition) is 3. The van der Waals surface area contributed by atoms with Crippen LogP contribution in [0.2, 0.25) is 0 Å². The van der Waals surface area contributed by atoms with Crippen molar-refractivity contribution in [2.24, 2.45) is 5.73 Å². The Bertz CT molecular complexity index is 677. The average molecular weight is 358 g/mol. The summed E-state index contributed by atoms with van der Waals surface area (Å²) in [5.41, 5.74) is 6.59. The molecule has 0 aliphatic carbocycles. The maximum atomic E-state index is 12.8. The molecule has 1 unspecified atom stereocenters. The predicted molar refractivity (Wildman–Crippen MR) is 96.8 cm³/mol.